The first-order valence-electron chi connectivity index (χ1n) is 6.46. The van der Waals surface area contributed by atoms with Crippen LogP contribution in [0.25, 0.3) is 0 Å². The third-order valence-corrected chi connectivity index (χ3v) is 3.79. The van der Waals surface area contributed by atoms with Crippen LogP contribution in [-0.4, -0.2) is 48.6 Å². The van der Waals surface area contributed by atoms with E-state index in [1.807, 2.05) is 0 Å². The molecule has 0 spiro atoms. The maximum Gasteiger partial charge on any atom is 0.241 e. The summed E-state index contributed by atoms with van der Waals surface area (Å²) in [6.45, 7) is 6.98. The Hall–Kier alpha value is -0.610. The van der Waals surface area contributed by atoms with Gasteiger partial charge in [0.1, 0.15) is 0 Å². The number of hydrogen-bond acceptors (Lipinski definition) is 3. The molecule has 4 heteroatoms. The Morgan fingerprint density at radius 2 is 1.88 bits per heavy atom. The third kappa shape index (κ3) is 2.38. The Bertz CT molecular complexity index is 241. The Morgan fingerprint density at radius 3 is 2.44 bits per heavy atom. The number of nitrogens with one attached hydrogen (secondary N) is 2. The van der Waals surface area contributed by atoms with Gasteiger partial charge in [0.25, 0.3) is 0 Å². The predicted molar refractivity (Wildman–Crippen MR) is 64.3 cm³/mol. The van der Waals surface area contributed by atoms with Gasteiger partial charge in [0, 0.05) is 31.7 Å². The molecule has 2 saturated heterocycles. The predicted octanol–water partition coefficient (Wildman–Crippen LogP) is 0.337. The molecule has 0 aromatic heterocycles. The Morgan fingerprint density at radius 1 is 1.19 bits per heavy atom. The lowest BCUT2D eigenvalue weighted by atomic mass is 9.96. The van der Waals surface area contributed by atoms with Crippen molar-refractivity contribution < 1.29 is 4.79 Å². The molecule has 0 aromatic carbocycles. The second-order valence-electron chi connectivity index (χ2n) is 5.09. The van der Waals surface area contributed by atoms with Crippen molar-refractivity contribution in [2.75, 3.05) is 19.6 Å². The van der Waals surface area contributed by atoms with E-state index in [1.165, 1.54) is 6.42 Å². The van der Waals surface area contributed by atoms with Crippen molar-refractivity contribution in [3.8, 4) is 0 Å². The summed E-state index contributed by atoms with van der Waals surface area (Å²) < 4.78 is 0. The first-order valence-corrected chi connectivity index (χ1v) is 6.46. The molecule has 3 atom stereocenters. The standard InChI is InChI=1S/C12H23N3O/c1-9-4-3-5-10(2)15(9)12(16)11-8-13-6-7-14-11/h9-11,13-14H,3-8H2,1-2H3. The number of likely N-dealkylation sites (tertiary alicyclic amines) is 1. The topological polar surface area (TPSA) is 44.4 Å². The van der Waals surface area contributed by atoms with Crippen LogP contribution in [0.3, 0.4) is 0 Å². The highest BCUT2D eigenvalue weighted by atomic mass is 16.2. The molecule has 4 nitrogen and oxygen atoms in total. The molecule has 0 radical (unpaired) electrons. The van der Waals surface area contributed by atoms with Crippen molar-refractivity contribution in [2.45, 2.75) is 51.2 Å². The molecule has 3 unspecified atom stereocenters. The Labute approximate surface area is 97.8 Å². The fourth-order valence-electron chi connectivity index (χ4n) is 2.86. The van der Waals surface area contributed by atoms with Crippen molar-refractivity contribution in [1.82, 2.24) is 15.5 Å². The molecule has 0 aromatic rings. The molecule has 0 aliphatic carbocycles. The maximum absolute atomic E-state index is 12.4. The second-order valence-corrected chi connectivity index (χ2v) is 5.09. The van der Waals surface area contributed by atoms with Crippen LogP contribution in [0.4, 0.5) is 0 Å². The van der Waals surface area contributed by atoms with Crippen LogP contribution in [0, 0.1) is 0 Å². The summed E-state index contributed by atoms with van der Waals surface area (Å²) in [6, 6.07) is 0.789. The number of amides is 1. The lowest BCUT2D eigenvalue weighted by Crippen LogP contribution is -2.60. The van der Waals surface area contributed by atoms with E-state index in [0.29, 0.717) is 12.1 Å². The molecule has 2 aliphatic heterocycles. The van der Waals surface area contributed by atoms with E-state index >= 15 is 0 Å². The molecule has 92 valence electrons. The van der Waals surface area contributed by atoms with Gasteiger partial charge in [0.05, 0.1) is 6.04 Å². The number of carbonyl (C=O) groups excluding carboxylic acids is 1. The van der Waals surface area contributed by atoms with E-state index in [-0.39, 0.29) is 11.9 Å². The smallest absolute Gasteiger partial charge is 0.241 e. The Balaban J connectivity index is 2.00. The van der Waals surface area contributed by atoms with E-state index in [2.05, 4.69) is 29.4 Å². The number of piperazine rings is 1. The highest BCUT2D eigenvalue weighted by Crippen LogP contribution is 2.23. The van der Waals surface area contributed by atoms with Gasteiger partial charge in [-0.25, -0.2) is 0 Å². The van der Waals surface area contributed by atoms with Gasteiger partial charge in [-0.1, -0.05) is 0 Å². The zero-order chi connectivity index (χ0) is 11.5. The molecular formula is C12H23N3O. The SMILES string of the molecule is CC1CCCC(C)N1C(=O)C1CNCCN1. The zero-order valence-corrected chi connectivity index (χ0v) is 10.3. The minimum Gasteiger partial charge on any atom is -0.336 e. The molecule has 2 rings (SSSR count). The molecular weight excluding hydrogens is 202 g/mol. The van der Waals surface area contributed by atoms with E-state index in [0.717, 1.165) is 32.5 Å². The summed E-state index contributed by atoms with van der Waals surface area (Å²) in [6.07, 6.45) is 3.55. The number of carbonyl (C=O) groups is 1. The molecule has 2 heterocycles. The minimum atomic E-state index is -0.0169. The van der Waals surface area contributed by atoms with Crippen LogP contribution in [0.2, 0.25) is 0 Å². The highest BCUT2D eigenvalue weighted by molar-refractivity contribution is 5.83. The van der Waals surface area contributed by atoms with Crippen molar-refractivity contribution in [3.05, 3.63) is 0 Å². The first kappa shape index (κ1) is 11.9. The summed E-state index contributed by atoms with van der Waals surface area (Å²) in [7, 11) is 0. The second kappa shape index (κ2) is 5.15. The number of hydrogen-bond donors (Lipinski definition) is 2. The molecule has 0 saturated carbocycles. The first-order chi connectivity index (χ1) is 7.70. The summed E-state index contributed by atoms with van der Waals surface area (Å²) in [5.74, 6) is 0.284. The maximum atomic E-state index is 12.4. The lowest BCUT2D eigenvalue weighted by Gasteiger charge is -2.41. The van der Waals surface area contributed by atoms with Crippen LogP contribution in [-0.2, 0) is 4.79 Å². The fraction of sp³-hybridized carbons (Fsp3) is 0.917. The van der Waals surface area contributed by atoms with E-state index in [9.17, 15) is 4.79 Å². The van der Waals surface area contributed by atoms with Crippen LogP contribution in [0.15, 0.2) is 0 Å². The highest BCUT2D eigenvalue weighted by Gasteiger charge is 2.33. The lowest BCUT2D eigenvalue weighted by molar-refractivity contribution is -0.139. The summed E-state index contributed by atoms with van der Waals surface area (Å²) in [5.41, 5.74) is 0. The molecule has 2 fully saturated rings. The van der Waals surface area contributed by atoms with E-state index in [4.69, 9.17) is 0 Å². The van der Waals surface area contributed by atoms with Gasteiger partial charge in [-0.3, -0.25) is 4.79 Å². The quantitative estimate of drug-likeness (QED) is 0.676. The monoisotopic (exact) mass is 225 g/mol. The normalized spacial score (nSPS) is 36.1. The van der Waals surface area contributed by atoms with Crippen LogP contribution in [0.5, 0.6) is 0 Å². The number of piperidine rings is 1. The molecule has 0 bridgehead atoms. The molecule has 16 heavy (non-hydrogen) atoms. The summed E-state index contributed by atoms with van der Waals surface area (Å²) in [4.78, 5) is 14.5. The number of nitrogens with zero attached hydrogens (tertiary/aromatic N) is 1. The van der Waals surface area contributed by atoms with Gasteiger partial charge in [-0.05, 0) is 33.1 Å². The van der Waals surface area contributed by atoms with Crippen LogP contribution < -0.4 is 10.6 Å². The van der Waals surface area contributed by atoms with Gasteiger partial charge in [0.15, 0.2) is 0 Å². The van der Waals surface area contributed by atoms with E-state index < -0.39 is 0 Å². The summed E-state index contributed by atoms with van der Waals surface area (Å²) in [5, 5.41) is 6.58. The van der Waals surface area contributed by atoms with Gasteiger partial charge < -0.3 is 15.5 Å². The molecule has 2 aliphatic rings. The third-order valence-electron chi connectivity index (χ3n) is 3.79. The van der Waals surface area contributed by atoms with Crippen molar-refractivity contribution >= 4 is 5.91 Å². The van der Waals surface area contributed by atoms with Crippen molar-refractivity contribution in [1.29, 1.82) is 0 Å². The number of rotatable bonds is 1. The summed E-state index contributed by atoms with van der Waals surface area (Å²) >= 11 is 0. The molecule has 2 N–H and O–H groups in total. The van der Waals surface area contributed by atoms with E-state index in [1.54, 1.807) is 0 Å². The Kier molecular flexibility index (Phi) is 3.82. The van der Waals surface area contributed by atoms with Crippen molar-refractivity contribution in [2.24, 2.45) is 0 Å². The van der Waals surface area contributed by atoms with Gasteiger partial charge >= 0.3 is 0 Å². The fourth-order valence-corrected chi connectivity index (χ4v) is 2.86. The average molecular weight is 225 g/mol. The van der Waals surface area contributed by atoms with Crippen molar-refractivity contribution in [3.63, 3.8) is 0 Å². The minimum absolute atomic E-state index is 0.0169. The average Bonchev–Trinajstić information content (AvgIpc) is 2.30. The van der Waals surface area contributed by atoms with Gasteiger partial charge in [-0.15, -0.1) is 0 Å². The van der Waals surface area contributed by atoms with Crippen LogP contribution >= 0.6 is 0 Å². The molecule has 1 amide bonds. The van der Waals surface area contributed by atoms with Crippen LogP contribution in [0.1, 0.15) is 33.1 Å². The zero-order valence-electron chi connectivity index (χ0n) is 10.3. The largest absolute Gasteiger partial charge is 0.336 e. The van der Waals surface area contributed by atoms with Gasteiger partial charge in [-0.2, -0.15) is 0 Å². The van der Waals surface area contributed by atoms with Gasteiger partial charge in [0.2, 0.25) is 5.91 Å².